The first kappa shape index (κ1) is 11.3. The molecule has 3 N–H and O–H groups in total. The summed E-state index contributed by atoms with van der Waals surface area (Å²) in [5.74, 6) is 0. The van der Waals surface area contributed by atoms with Crippen LogP contribution in [0.2, 0.25) is 0 Å². The highest BCUT2D eigenvalue weighted by Gasteiger charge is 2.22. The van der Waals surface area contributed by atoms with Crippen molar-refractivity contribution in [1.82, 2.24) is 4.90 Å². The smallest absolute Gasteiger partial charge is 0.0576 e. The summed E-state index contributed by atoms with van der Waals surface area (Å²) in [6.45, 7) is 3.44. The van der Waals surface area contributed by atoms with Gasteiger partial charge in [-0.2, -0.15) is 0 Å². The fourth-order valence-corrected chi connectivity index (χ4v) is 2.27. The van der Waals surface area contributed by atoms with Gasteiger partial charge in [0.2, 0.25) is 0 Å². The number of nitrogens with one attached hydrogen (secondary N) is 1. The van der Waals surface area contributed by atoms with E-state index in [1.54, 1.807) is 0 Å². The predicted molar refractivity (Wildman–Crippen MR) is 69.6 cm³/mol. The first-order valence-electron chi connectivity index (χ1n) is 5.98. The minimum atomic E-state index is 0.552. The molecular formula is C13H21N3. The Kier molecular flexibility index (Phi) is 3.34. The average molecular weight is 219 g/mol. The van der Waals surface area contributed by atoms with Crippen LogP contribution in [0.25, 0.3) is 0 Å². The molecule has 0 amide bonds. The summed E-state index contributed by atoms with van der Waals surface area (Å²) in [4.78, 5) is 2.41. The van der Waals surface area contributed by atoms with Crippen LogP contribution in [-0.4, -0.2) is 30.6 Å². The zero-order valence-electron chi connectivity index (χ0n) is 10.1. The van der Waals surface area contributed by atoms with E-state index in [-0.39, 0.29) is 0 Å². The van der Waals surface area contributed by atoms with Crippen LogP contribution in [0.4, 0.5) is 11.4 Å². The molecule has 2 unspecified atom stereocenters. The Balaban J connectivity index is 1.98. The summed E-state index contributed by atoms with van der Waals surface area (Å²) < 4.78 is 0. The summed E-state index contributed by atoms with van der Waals surface area (Å²) >= 11 is 0. The fourth-order valence-electron chi connectivity index (χ4n) is 2.27. The normalized spacial score (nSPS) is 26.6. The Bertz CT molecular complexity index is 351. The maximum atomic E-state index is 5.93. The van der Waals surface area contributed by atoms with Gasteiger partial charge in [0.15, 0.2) is 0 Å². The number of anilines is 2. The topological polar surface area (TPSA) is 41.3 Å². The molecule has 88 valence electrons. The Morgan fingerprint density at radius 1 is 1.38 bits per heavy atom. The maximum absolute atomic E-state index is 5.93. The largest absolute Gasteiger partial charge is 0.397 e. The first-order chi connectivity index (χ1) is 7.66. The molecule has 16 heavy (non-hydrogen) atoms. The minimum Gasteiger partial charge on any atom is -0.397 e. The van der Waals surface area contributed by atoms with Crippen LogP contribution in [0.3, 0.4) is 0 Å². The minimum absolute atomic E-state index is 0.552. The van der Waals surface area contributed by atoms with Crippen molar-refractivity contribution in [3.8, 4) is 0 Å². The molecule has 1 aromatic carbocycles. The molecule has 0 aromatic heterocycles. The number of nitrogens with two attached hydrogens (primary N) is 1. The molecule has 2 rings (SSSR count). The fraction of sp³-hybridized carbons (Fsp3) is 0.538. The Morgan fingerprint density at radius 3 is 2.81 bits per heavy atom. The second-order valence-electron chi connectivity index (χ2n) is 4.78. The average Bonchev–Trinajstić information content (AvgIpc) is 2.27. The standard InChI is InChI=1S/C13H21N3/c1-10-9-11(7-8-16(10)2)15-13-6-4-3-5-12(13)14/h3-6,10-11,15H,7-9,14H2,1-2H3. The van der Waals surface area contributed by atoms with Crippen molar-refractivity contribution in [2.45, 2.75) is 31.8 Å². The molecular weight excluding hydrogens is 198 g/mol. The molecule has 1 aromatic rings. The third-order valence-electron chi connectivity index (χ3n) is 3.53. The summed E-state index contributed by atoms with van der Waals surface area (Å²) in [7, 11) is 2.19. The van der Waals surface area contributed by atoms with Crippen molar-refractivity contribution in [3.05, 3.63) is 24.3 Å². The van der Waals surface area contributed by atoms with Gasteiger partial charge in [-0.1, -0.05) is 12.1 Å². The van der Waals surface area contributed by atoms with Crippen LogP contribution in [0.1, 0.15) is 19.8 Å². The quantitative estimate of drug-likeness (QED) is 0.749. The predicted octanol–water partition coefficient (Wildman–Crippen LogP) is 2.16. The monoisotopic (exact) mass is 219 g/mol. The van der Waals surface area contributed by atoms with Gasteiger partial charge in [0, 0.05) is 18.6 Å². The Labute approximate surface area is 97.6 Å². The van der Waals surface area contributed by atoms with Gasteiger partial charge in [-0.15, -0.1) is 0 Å². The molecule has 1 aliphatic rings. The molecule has 0 aliphatic carbocycles. The molecule has 3 heteroatoms. The molecule has 3 nitrogen and oxygen atoms in total. The van der Waals surface area contributed by atoms with Gasteiger partial charge < -0.3 is 16.0 Å². The van der Waals surface area contributed by atoms with Crippen LogP contribution < -0.4 is 11.1 Å². The molecule has 0 bridgehead atoms. The van der Waals surface area contributed by atoms with E-state index in [2.05, 4.69) is 30.3 Å². The van der Waals surface area contributed by atoms with E-state index in [4.69, 9.17) is 5.73 Å². The van der Waals surface area contributed by atoms with Gasteiger partial charge in [0.1, 0.15) is 0 Å². The highest BCUT2D eigenvalue weighted by molar-refractivity contribution is 5.65. The molecule has 0 spiro atoms. The number of hydrogen-bond acceptors (Lipinski definition) is 3. The van der Waals surface area contributed by atoms with Crippen LogP contribution in [0, 0.1) is 0 Å². The van der Waals surface area contributed by atoms with Gasteiger partial charge in [-0.25, -0.2) is 0 Å². The number of piperidine rings is 1. The van der Waals surface area contributed by atoms with Gasteiger partial charge in [0.05, 0.1) is 11.4 Å². The lowest BCUT2D eigenvalue weighted by Crippen LogP contribution is -2.42. The second kappa shape index (κ2) is 4.74. The lowest BCUT2D eigenvalue weighted by atomic mass is 9.98. The van der Waals surface area contributed by atoms with Crippen molar-refractivity contribution >= 4 is 11.4 Å². The number of nitrogens with zero attached hydrogens (tertiary/aromatic N) is 1. The van der Waals surface area contributed by atoms with E-state index in [1.807, 2.05) is 18.2 Å². The van der Waals surface area contributed by atoms with Gasteiger partial charge in [-0.3, -0.25) is 0 Å². The van der Waals surface area contributed by atoms with E-state index in [1.165, 1.54) is 12.8 Å². The van der Waals surface area contributed by atoms with Crippen molar-refractivity contribution in [2.24, 2.45) is 0 Å². The van der Waals surface area contributed by atoms with Gasteiger partial charge in [-0.05, 0) is 38.9 Å². The van der Waals surface area contributed by atoms with Crippen molar-refractivity contribution in [2.75, 3.05) is 24.6 Å². The second-order valence-corrected chi connectivity index (χ2v) is 4.78. The Morgan fingerprint density at radius 2 is 2.12 bits per heavy atom. The van der Waals surface area contributed by atoms with Crippen LogP contribution in [-0.2, 0) is 0 Å². The number of rotatable bonds is 2. The highest BCUT2D eigenvalue weighted by atomic mass is 15.1. The van der Waals surface area contributed by atoms with Crippen molar-refractivity contribution in [1.29, 1.82) is 0 Å². The molecule has 1 saturated heterocycles. The van der Waals surface area contributed by atoms with Crippen LogP contribution in [0.15, 0.2) is 24.3 Å². The third kappa shape index (κ3) is 2.47. The summed E-state index contributed by atoms with van der Waals surface area (Å²) in [6, 6.07) is 9.19. The third-order valence-corrected chi connectivity index (χ3v) is 3.53. The van der Waals surface area contributed by atoms with Crippen molar-refractivity contribution < 1.29 is 0 Å². The number of benzene rings is 1. The number of likely N-dealkylation sites (tertiary alicyclic amines) is 1. The van der Waals surface area contributed by atoms with Gasteiger partial charge in [0.25, 0.3) is 0 Å². The van der Waals surface area contributed by atoms with Crippen LogP contribution >= 0.6 is 0 Å². The molecule has 1 fully saturated rings. The van der Waals surface area contributed by atoms with E-state index in [0.29, 0.717) is 12.1 Å². The summed E-state index contributed by atoms with van der Waals surface area (Å²) in [5, 5.41) is 3.55. The summed E-state index contributed by atoms with van der Waals surface area (Å²) in [6.07, 6.45) is 2.38. The zero-order valence-corrected chi connectivity index (χ0v) is 10.1. The first-order valence-corrected chi connectivity index (χ1v) is 5.98. The lowest BCUT2D eigenvalue weighted by molar-refractivity contribution is 0.190. The van der Waals surface area contributed by atoms with Gasteiger partial charge >= 0.3 is 0 Å². The van der Waals surface area contributed by atoms with E-state index >= 15 is 0 Å². The number of para-hydroxylation sites is 2. The molecule has 2 atom stereocenters. The Hall–Kier alpha value is -1.22. The number of nitrogen functional groups attached to an aromatic ring is 1. The molecule has 0 radical (unpaired) electrons. The maximum Gasteiger partial charge on any atom is 0.0576 e. The van der Waals surface area contributed by atoms with Crippen molar-refractivity contribution in [3.63, 3.8) is 0 Å². The SMILES string of the molecule is CC1CC(Nc2ccccc2N)CCN1C. The van der Waals surface area contributed by atoms with E-state index < -0.39 is 0 Å². The zero-order chi connectivity index (χ0) is 11.5. The lowest BCUT2D eigenvalue weighted by Gasteiger charge is -2.36. The molecule has 1 aliphatic heterocycles. The molecule has 1 heterocycles. The summed E-state index contributed by atoms with van der Waals surface area (Å²) in [5.41, 5.74) is 7.84. The molecule has 0 saturated carbocycles. The van der Waals surface area contributed by atoms with Crippen LogP contribution in [0.5, 0.6) is 0 Å². The van der Waals surface area contributed by atoms with E-state index in [0.717, 1.165) is 17.9 Å². The number of hydrogen-bond donors (Lipinski definition) is 2. The van der Waals surface area contributed by atoms with E-state index in [9.17, 15) is 0 Å². The highest BCUT2D eigenvalue weighted by Crippen LogP contribution is 2.23.